The number of rotatable bonds is 5. The molecule has 2 aliphatic heterocycles. The third-order valence-corrected chi connectivity index (χ3v) is 5.86. The predicted octanol–water partition coefficient (Wildman–Crippen LogP) is 3.63. The molecule has 0 unspecified atom stereocenters. The van der Waals surface area contributed by atoms with Gasteiger partial charge in [0.15, 0.2) is 11.5 Å². The van der Waals surface area contributed by atoms with Crippen molar-refractivity contribution in [3.63, 3.8) is 0 Å². The van der Waals surface area contributed by atoms with Gasteiger partial charge in [-0.15, -0.1) is 0 Å². The number of hydrogen-bond donors (Lipinski definition) is 0. The predicted molar refractivity (Wildman–Crippen MR) is 109 cm³/mol. The highest BCUT2D eigenvalue weighted by atomic mass is 16.5. The second-order valence-electron chi connectivity index (χ2n) is 7.46. The zero-order valence-corrected chi connectivity index (χ0v) is 17.1. The van der Waals surface area contributed by atoms with Crippen molar-refractivity contribution in [2.24, 2.45) is 5.92 Å². The molecule has 0 bridgehead atoms. The lowest BCUT2D eigenvalue weighted by Gasteiger charge is -2.32. The van der Waals surface area contributed by atoms with Crippen molar-refractivity contribution in [1.82, 2.24) is 4.90 Å². The van der Waals surface area contributed by atoms with Gasteiger partial charge in [-0.2, -0.15) is 0 Å². The van der Waals surface area contributed by atoms with Crippen molar-refractivity contribution >= 4 is 5.91 Å². The van der Waals surface area contributed by atoms with Crippen LogP contribution in [0.2, 0.25) is 0 Å². The first-order valence-electron chi connectivity index (χ1n) is 9.97. The van der Waals surface area contributed by atoms with Gasteiger partial charge in [0.25, 0.3) is 0 Å². The van der Waals surface area contributed by atoms with Crippen LogP contribution in [0.25, 0.3) is 0 Å². The summed E-state index contributed by atoms with van der Waals surface area (Å²) in [6.07, 6.45) is 2.53. The zero-order chi connectivity index (χ0) is 20.4. The molecule has 1 saturated heterocycles. The second kappa shape index (κ2) is 8.23. The van der Waals surface area contributed by atoms with E-state index in [1.54, 1.807) is 21.3 Å². The Hall–Kier alpha value is -2.89. The van der Waals surface area contributed by atoms with Gasteiger partial charge in [0, 0.05) is 12.1 Å². The molecular formula is C23H27NO5. The van der Waals surface area contributed by atoms with Gasteiger partial charge < -0.3 is 23.8 Å². The van der Waals surface area contributed by atoms with E-state index in [1.807, 2.05) is 41.3 Å². The summed E-state index contributed by atoms with van der Waals surface area (Å²) >= 11 is 0. The molecule has 6 nitrogen and oxygen atoms in total. The van der Waals surface area contributed by atoms with Gasteiger partial charge >= 0.3 is 0 Å². The number of fused-ring (bicyclic) bond motifs is 1. The van der Waals surface area contributed by atoms with E-state index in [4.69, 9.17) is 18.9 Å². The number of carbonyl (C=O) groups excluding carboxylic acids is 1. The topological polar surface area (TPSA) is 57.2 Å². The molecule has 2 aromatic rings. The van der Waals surface area contributed by atoms with E-state index in [1.165, 1.54) is 0 Å². The van der Waals surface area contributed by atoms with Gasteiger partial charge in [-0.3, -0.25) is 4.79 Å². The number of likely N-dealkylation sites (tertiary alicyclic amines) is 1. The molecule has 4 rings (SSSR count). The van der Waals surface area contributed by atoms with Crippen LogP contribution in [0.15, 0.2) is 36.4 Å². The van der Waals surface area contributed by atoms with Crippen molar-refractivity contribution in [1.29, 1.82) is 0 Å². The van der Waals surface area contributed by atoms with Gasteiger partial charge in [0.2, 0.25) is 5.91 Å². The average molecular weight is 397 g/mol. The zero-order valence-electron chi connectivity index (χ0n) is 17.1. The quantitative estimate of drug-likeness (QED) is 0.771. The Morgan fingerprint density at radius 1 is 1.07 bits per heavy atom. The van der Waals surface area contributed by atoms with Crippen molar-refractivity contribution < 1.29 is 23.7 Å². The normalized spacial score (nSPS) is 20.6. The van der Waals surface area contributed by atoms with E-state index >= 15 is 0 Å². The van der Waals surface area contributed by atoms with Gasteiger partial charge in [0.1, 0.15) is 18.1 Å². The number of ether oxygens (including phenoxy) is 4. The SMILES string of the molecule is COc1ccc(OC)c([C@@H]2CCCN2C(=O)[C@@H]2COc3c(cccc3OC)C2)c1. The van der Waals surface area contributed by atoms with Crippen molar-refractivity contribution in [3.8, 4) is 23.0 Å². The minimum absolute atomic E-state index is 0.0146. The van der Waals surface area contributed by atoms with Crippen LogP contribution >= 0.6 is 0 Å². The van der Waals surface area contributed by atoms with Crippen molar-refractivity contribution in [2.75, 3.05) is 34.5 Å². The summed E-state index contributed by atoms with van der Waals surface area (Å²) in [7, 11) is 4.94. The number of para-hydroxylation sites is 1. The van der Waals surface area contributed by atoms with Gasteiger partial charge in [0.05, 0.1) is 33.3 Å². The summed E-state index contributed by atoms with van der Waals surface area (Å²) in [5.74, 6) is 2.95. The van der Waals surface area contributed by atoms with E-state index in [2.05, 4.69) is 0 Å². The molecule has 0 aromatic heterocycles. The van der Waals surface area contributed by atoms with E-state index < -0.39 is 0 Å². The van der Waals surface area contributed by atoms with Gasteiger partial charge in [-0.05, 0) is 49.1 Å². The smallest absolute Gasteiger partial charge is 0.229 e. The van der Waals surface area contributed by atoms with E-state index in [0.29, 0.717) is 18.8 Å². The van der Waals surface area contributed by atoms with Crippen LogP contribution in [0.3, 0.4) is 0 Å². The Balaban J connectivity index is 1.57. The molecule has 6 heteroatoms. The maximum absolute atomic E-state index is 13.4. The van der Waals surface area contributed by atoms with E-state index in [0.717, 1.165) is 47.8 Å². The Morgan fingerprint density at radius 2 is 1.90 bits per heavy atom. The van der Waals surface area contributed by atoms with Crippen molar-refractivity contribution in [2.45, 2.75) is 25.3 Å². The highest BCUT2D eigenvalue weighted by molar-refractivity contribution is 5.81. The number of hydrogen-bond acceptors (Lipinski definition) is 5. The summed E-state index contributed by atoms with van der Waals surface area (Å²) in [5, 5.41) is 0. The molecule has 0 saturated carbocycles. The Bertz CT molecular complexity index is 897. The average Bonchev–Trinajstić information content (AvgIpc) is 3.26. The molecule has 2 heterocycles. The summed E-state index contributed by atoms with van der Waals surface area (Å²) in [6.45, 7) is 1.11. The number of amides is 1. The van der Waals surface area contributed by atoms with Crippen LogP contribution in [-0.4, -0.2) is 45.3 Å². The first-order chi connectivity index (χ1) is 14.2. The number of carbonyl (C=O) groups is 1. The lowest BCUT2D eigenvalue weighted by atomic mass is 9.94. The highest BCUT2D eigenvalue weighted by Crippen LogP contribution is 2.41. The molecule has 1 fully saturated rings. The molecule has 0 N–H and O–H groups in total. The minimum Gasteiger partial charge on any atom is -0.497 e. The Kier molecular flexibility index (Phi) is 5.51. The van der Waals surface area contributed by atoms with Crippen LogP contribution in [0.1, 0.15) is 30.0 Å². The standard InChI is InChI=1S/C23H27NO5/c1-26-17-9-10-20(27-2)18(13-17)19-7-5-11-24(19)23(25)16-12-15-6-4-8-21(28-3)22(15)29-14-16/h4,6,8-10,13,16,19H,5,7,11-12,14H2,1-3H3/t16-,19-/m0/s1. The molecule has 1 amide bonds. The lowest BCUT2D eigenvalue weighted by molar-refractivity contribution is -0.138. The highest BCUT2D eigenvalue weighted by Gasteiger charge is 2.37. The van der Waals surface area contributed by atoms with E-state index in [9.17, 15) is 4.79 Å². The molecule has 154 valence electrons. The summed E-state index contributed by atoms with van der Waals surface area (Å²) in [5.41, 5.74) is 2.01. The number of benzene rings is 2. The lowest BCUT2D eigenvalue weighted by Crippen LogP contribution is -2.40. The summed E-state index contributed by atoms with van der Waals surface area (Å²) < 4.78 is 22.3. The van der Waals surface area contributed by atoms with E-state index in [-0.39, 0.29) is 17.9 Å². The van der Waals surface area contributed by atoms with Crippen LogP contribution < -0.4 is 18.9 Å². The number of methoxy groups -OCH3 is 3. The molecule has 2 aliphatic rings. The Morgan fingerprint density at radius 3 is 2.66 bits per heavy atom. The van der Waals surface area contributed by atoms with Gasteiger partial charge in [-0.1, -0.05) is 12.1 Å². The molecule has 0 radical (unpaired) electrons. The van der Waals surface area contributed by atoms with Crippen molar-refractivity contribution in [3.05, 3.63) is 47.5 Å². The largest absolute Gasteiger partial charge is 0.497 e. The molecule has 0 aliphatic carbocycles. The second-order valence-corrected chi connectivity index (χ2v) is 7.46. The molecule has 29 heavy (non-hydrogen) atoms. The molecule has 2 atom stereocenters. The number of nitrogens with zero attached hydrogens (tertiary/aromatic N) is 1. The fraction of sp³-hybridized carbons (Fsp3) is 0.435. The van der Waals surface area contributed by atoms with Crippen LogP contribution in [0, 0.1) is 5.92 Å². The monoisotopic (exact) mass is 397 g/mol. The molecule has 2 aromatic carbocycles. The molecular weight excluding hydrogens is 370 g/mol. The summed E-state index contributed by atoms with van der Waals surface area (Å²) in [6, 6.07) is 11.6. The van der Waals surface area contributed by atoms with Gasteiger partial charge in [-0.25, -0.2) is 0 Å². The fourth-order valence-corrected chi connectivity index (χ4v) is 4.40. The maximum Gasteiger partial charge on any atom is 0.229 e. The maximum atomic E-state index is 13.4. The third kappa shape index (κ3) is 3.59. The summed E-state index contributed by atoms with van der Waals surface area (Å²) in [4.78, 5) is 15.4. The first-order valence-corrected chi connectivity index (χ1v) is 9.97. The minimum atomic E-state index is -0.202. The fourth-order valence-electron chi connectivity index (χ4n) is 4.40. The first kappa shape index (κ1) is 19.4. The molecule has 0 spiro atoms. The van der Waals surface area contributed by atoms with Crippen LogP contribution in [0.5, 0.6) is 23.0 Å². The Labute approximate surface area is 171 Å². The third-order valence-electron chi connectivity index (χ3n) is 5.86. The van der Waals surface area contributed by atoms with Crippen LogP contribution in [0.4, 0.5) is 0 Å². The van der Waals surface area contributed by atoms with Crippen LogP contribution in [-0.2, 0) is 11.2 Å².